The van der Waals surface area contributed by atoms with E-state index >= 15 is 0 Å². The summed E-state index contributed by atoms with van der Waals surface area (Å²) >= 11 is 5.87. The van der Waals surface area contributed by atoms with Gasteiger partial charge in [0.05, 0.1) is 6.10 Å². The van der Waals surface area contributed by atoms with E-state index in [-0.39, 0.29) is 12.0 Å². The van der Waals surface area contributed by atoms with Gasteiger partial charge < -0.3 is 15.3 Å². The van der Waals surface area contributed by atoms with Gasteiger partial charge in [-0.05, 0) is 25.0 Å². The molecule has 2 heterocycles. The normalized spacial score (nSPS) is 16.7. The average molecular weight is 270 g/mol. The van der Waals surface area contributed by atoms with E-state index in [1.807, 2.05) is 0 Å². The zero-order valence-electron chi connectivity index (χ0n) is 10.2. The summed E-state index contributed by atoms with van der Waals surface area (Å²) in [6.07, 6.45) is 0.968. The van der Waals surface area contributed by atoms with Crippen LogP contribution in [-0.4, -0.2) is 47.1 Å². The molecule has 98 valence electrons. The first-order valence-corrected chi connectivity index (χ1v) is 6.30. The number of pyridine rings is 1. The number of nitrogens with zero attached hydrogens (tertiary/aromatic N) is 2. The molecule has 1 aromatic rings. The second kappa shape index (κ2) is 5.54. The standard InChI is InChI=1S/C12H16ClN3O2/c1-14-11-7-8(6-10(13)15-11)12(18)16-4-2-9(17)3-5-16/h6-7,9,17H,2-5H2,1H3,(H,14,15). The fraction of sp³-hybridized carbons (Fsp3) is 0.500. The Morgan fingerprint density at radius 1 is 1.50 bits per heavy atom. The molecule has 0 aliphatic carbocycles. The van der Waals surface area contributed by atoms with Crippen molar-refractivity contribution in [2.75, 3.05) is 25.5 Å². The minimum atomic E-state index is -0.289. The highest BCUT2D eigenvalue weighted by molar-refractivity contribution is 6.29. The fourth-order valence-electron chi connectivity index (χ4n) is 2.00. The molecule has 1 fully saturated rings. The first-order valence-electron chi connectivity index (χ1n) is 5.93. The molecule has 6 heteroatoms. The molecule has 1 aliphatic heterocycles. The number of rotatable bonds is 2. The van der Waals surface area contributed by atoms with Crippen LogP contribution in [0.5, 0.6) is 0 Å². The molecule has 0 aromatic carbocycles. The Morgan fingerprint density at radius 3 is 2.78 bits per heavy atom. The van der Waals surface area contributed by atoms with E-state index in [1.54, 1.807) is 24.1 Å². The Kier molecular flexibility index (Phi) is 4.04. The number of hydrogen-bond donors (Lipinski definition) is 2. The van der Waals surface area contributed by atoms with E-state index in [4.69, 9.17) is 11.6 Å². The molecule has 0 saturated carbocycles. The van der Waals surface area contributed by atoms with Gasteiger partial charge >= 0.3 is 0 Å². The van der Waals surface area contributed by atoms with E-state index in [9.17, 15) is 9.90 Å². The van der Waals surface area contributed by atoms with Crippen LogP contribution in [0, 0.1) is 0 Å². The second-order valence-corrected chi connectivity index (χ2v) is 4.72. The lowest BCUT2D eigenvalue weighted by atomic mass is 10.1. The number of piperidine rings is 1. The maximum absolute atomic E-state index is 12.3. The quantitative estimate of drug-likeness (QED) is 0.796. The topological polar surface area (TPSA) is 65.5 Å². The van der Waals surface area contributed by atoms with Gasteiger partial charge in [0, 0.05) is 25.7 Å². The molecular weight excluding hydrogens is 254 g/mol. The molecule has 0 unspecified atom stereocenters. The van der Waals surface area contributed by atoms with Gasteiger partial charge in [0.2, 0.25) is 0 Å². The maximum atomic E-state index is 12.3. The predicted octanol–water partition coefficient (Wildman–Crippen LogP) is 1.37. The molecule has 1 saturated heterocycles. The molecule has 0 radical (unpaired) electrons. The largest absolute Gasteiger partial charge is 0.393 e. The third-order valence-electron chi connectivity index (χ3n) is 3.05. The molecule has 18 heavy (non-hydrogen) atoms. The van der Waals surface area contributed by atoms with Crippen molar-refractivity contribution < 1.29 is 9.90 Å². The number of anilines is 1. The van der Waals surface area contributed by atoms with Gasteiger partial charge in [-0.1, -0.05) is 11.6 Å². The number of aliphatic hydroxyl groups excluding tert-OH is 1. The van der Waals surface area contributed by atoms with Crippen LogP contribution in [0.25, 0.3) is 0 Å². The van der Waals surface area contributed by atoms with E-state index in [1.165, 1.54) is 0 Å². The number of aromatic nitrogens is 1. The van der Waals surface area contributed by atoms with Crippen LogP contribution in [0.2, 0.25) is 5.15 Å². The summed E-state index contributed by atoms with van der Waals surface area (Å²) in [6.45, 7) is 1.16. The number of aliphatic hydroxyl groups is 1. The molecule has 1 amide bonds. The molecular formula is C12H16ClN3O2. The summed E-state index contributed by atoms with van der Waals surface area (Å²) in [5.74, 6) is 0.505. The van der Waals surface area contributed by atoms with Crippen molar-refractivity contribution in [3.05, 3.63) is 22.8 Å². The van der Waals surface area contributed by atoms with E-state index in [2.05, 4.69) is 10.3 Å². The van der Waals surface area contributed by atoms with E-state index in [0.29, 0.717) is 42.5 Å². The van der Waals surface area contributed by atoms with E-state index in [0.717, 1.165) is 0 Å². The van der Waals surface area contributed by atoms with Crippen molar-refractivity contribution in [2.24, 2.45) is 0 Å². The minimum Gasteiger partial charge on any atom is -0.393 e. The number of nitrogens with one attached hydrogen (secondary N) is 1. The SMILES string of the molecule is CNc1cc(C(=O)N2CCC(O)CC2)cc(Cl)n1. The van der Waals surface area contributed by atoms with Crippen molar-refractivity contribution in [2.45, 2.75) is 18.9 Å². The predicted molar refractivity (Wildman–Crippen MR) is 69.9 cm³/mol. The van der Waals surface area contributed by atoms with Crippen LogP contribution in [0.15, 0.2) is 12.1 Å². The van der Waals surface area contributed by atoms with Gasteiger partial charge in [-0.3, -0.25) is 4.79 Å². The number of carbonyl (C=O) groups is 1. The summed E-state index contributed by atoms with van der Waals surface area (Å²) in [6, 6.07) is 3.25. The van der Waals surface area contributed by atoms with Gasteiger partial charge in [-0.2, -0.15) is 0 Å². The van der Waals surface area contributed by atoms with Crippen molar-refractivity contribution in [1.82, 2.24) is 9.88 Å². The summed E-state index contributed by atoms with van der Waals surface area (Å²) < 4.78 is 0. The molecule has 2 rings (SSSR count). The van der Waals surface area contributed by atoms with Crippen LogP contribution in [0.1, 0.15) is 23.2 Å². The highest BCUT2D eigenvalue weighted by Gasteiger charge is 2.22. The van der Waals surface area contributed by atoms with Crippen molar-refractivity contribution in [1.29, 1.82) is 0 Å². The highest BCUT2D eigenvalue weighted by atomic mass is 35.5. The minimum absolute atomic E-state index is 0.0669. The number of amides is 1. The Labute approximate surface area is 111 Å². The highest BCUT2D eigenvalue weighted by Crippen LogP contribution is 2.18. The zero-order chi connectivity index (χ0) is 13.1. The fourth-order valence-corrected chi connectivity index (χ4v) is 2.21. The van der Waals surface area contributed by atoms with Crippen molar-refractivity contribution >= 4 is 23.3 Å². The number of likely N-dealkylation sites (tertiary alicyclic amines) is 1. The lowest BCUT2D eigenvalue weighted by Crippen LogP contribution is -2.40. The molecule has 0 atom stereocenters. The molecule has 0 spiro atoms. The molecule has 1 aromatic heterocycles. The van der Waals surface area contributed by atoms with Crippen molar-refractivity contribution in [3.63, 3.8) is 0 Å². The molecule has 0 bridgehead atoms. The Balaban J connectivity index is 2.15. The van der Waals surface area contributed by atoms with Crippen LogP contribution >= 0.6 is 11.6 Å². The Morgan fingerprint density at radius 2 is 2.17 bits per heavy atom. The van der Waals surface area contributed by atoms with Gasteiger partial charge in [-0.25, -0.2) is 4.98 Å². The third-order valence-corrected chi connectivity index (χ3v) is 3.24. The van der Waals surface area contributed by atoms with Gasteiger partial charge in [-0.15, -0.1) is 0 Å². The molecule has 1 aliphatic rings. The summed E-state index contributed by atoms with van der Waals surface area (Å²) in [5, 5.41) is 12.6. The lowest BCUT2D eigenvalue weighted by molar-refractivity contribution is 0.0546. The zero-order valence-corrected chi connectivity index (χ0v) is 10.9. The van der Waals surface area contributed by atoms with Crippen LogP contribution < -0.4 is 5.32 Å². The van der Waals surface area contributed by atoms with Gasteiger partial charge in [0.25, 0.3) is 5.91 Å². The summed E-state index contributed by atoms with van der Waals surface area (Å²) in [7, 11) is 1.73. The average Bonchev–Trinajstić information content (AvgIpc) is 2.38. The summed E-state index contributed by atoms with van der Waals surface area (Å²) in [4.78, 5) is 18.0. The summed E-state index contributed by atoms with van der Waals surface area (Å²) in [5.41, 5.74) is 0.524. The Bertz CT molecular complexity index is 445. The number of halogens is 1. The van der Waals surface area contributed by atoms with Crippen LogP contribution in [0.3, 0.4) is 0 Å². The lowest BCUT2D eigenvalue weighted by Gasteiger charge is -2.29. The first kappa shape index (κ1) is 13.1. The number of hydrogen-bond acceptors (Lipinski definition) is 4. The van der Waals surface area contributed by atoms with Crippen LogP contribution in [0.4, 0.5) is 5.82 Å². The maximum Gasteiger partial charge on any atom is 0.254 e. The van der Waals surface area contributed by atoms with Crippen LogP contribution in [-0.2, 0) is 0 Å². The van der Waals surface area contributed by atoms with E-state index < -0.39 is 0 Å². The Hall–Kier alpha value is -1.33. The van der Waals surface area contributed by atoms with Crippen molar-refractivity contribution in [3.8, 4) is 0 Å². The number of carbonyl (C=O) groups excluding carboxylic acids is 1. The monoisotopic (exact) mass is 269 g/mol. The van der Waals surface area contributed by atoms with Gasteiger partial charge in [0.1, 0.15) is 11.0 Å². The molecule has 5 nitrogen and oxygen atoms in total. The van der Waals surface area contributed by atoms with Gasteiger partial charge in [0.15, 0.2) is 0 Å². The second-order valence-electron chi connectivity index (χ2n) is 4.34. The third kappa shape index (κ3) is 2.91. The molecule has 2 N–H and O–H groups in total. The smallest absolute Gasteiger partial charge is 0.254 e. The first-order chi connectivity index (χ1) is 8.60.